The first-order valence-electron chi connectivity index (χ1n) is 7.12. The average Bonchev–Trinajstić information content (AvgIpc) is 3.12. The summed E-state index contributed by atoms with van der Waals surface area (Å²) in [5.74, 6) is 0.795. The van der Waals surface area contributed by atoms with Gasteiger partial charge in [-0.25, -0.2) is 9.67 Å². The van der Waals surface area contributed by atoms with E-state index in [1.54, 1.807) is 29.8 Å². The molecule has 3 rings (SSSR count). The summed E-state index contributed by atoms with van der Waals surface area (Å²) in [5, 5.41) is 6.63. The molecule has 118 valence electrons. The van der Waals surface area contributed by atoms with Crippen molar-refractivity contribution in [1.82, 2.24) is 4.68 Å². The molecule has 4 nitrogen and oxygen atoms in total. The van der Waals surface area contributed by atoms with Crippen LogP contribution in [0.2, 0.25) is 0 Å². The van der Waals surface area contributed by atoms with Gasteiger partial charge in [0, 0.05) is 21.2 Å². The number of methoxy groups -OCH3 is 1. The third-order valence-electron chi connectivity index (χ3n) is 3.19. The van der Waals surface area contributed by atoms with Crippen LogP contribution in [0.15, 0.2) is 51.9 Å². The molecule has 0 unspecified atom stereocenters. The highest BCUT2D eigenvalue weighted by Crippen LogP contribution is 2.19. The van der Waals surface area contributed by atoms with Crippen molar-refractivity contribution in [3.8, 4) is 5.75 Å². The summed E-state index contributed by atoms with van der Waals surface area (Å²) in [4.78, 5) is 7.92. The highest BCUT2D eigenvalue weighted by atomic mass is 32.1. The number of rotatable bonds is 4. The lowest BCUT2D eigenvalue weighted by Gasteiger charge is -2.00. The van der Waals surface area contributed by atoms with Gasteiger partial charge in [0.1, 0.15) is 5.75 Å². The van der Waals surface area contributed by atoms with Gasteiger partial charge < -0.3 is 4.74 Å². The summed E-state index contributed by atoms with van der Waals surface area (Å²) in [6.45, 7) is 4.12. The molecular formula is C17H17N3OS2. The molecule has 0 atom stereocenters. The van der Waals surface area contributed by atoms with E-state index in [9.17, 15) is 0 Å². The summed E-state index contributed by atoms with van der Waals surface area (Å²) in [7, 11) is 1.65. The van der Waals surface area contributed by atoms with E-state index in [2.05, 4.69) is 34.5 Å². The van der Waals surface area contributed by atoms with Crippen LogP contribution >= 0.6 is 22.7 Å². The first-order chi connectivity index (χ1) is 11.2. The van der Waals surface area contributed by atoms with Crippen LogP contribution in [0.5, 0.6) is 5.75 Å². The lowest BCUT2D eigenvalue weighted by atomic mass is 10.3. The predicted molar refractivity (Wildman–Crippen MR) is 97.3 cm³/mol. The Labute approximate surface area is 143 Å². The maximum atomic E-state index is 5.24. The number of thiazole rings is 1. The zero-order chi connectivity index (χ0) is 16.2. The molecular weight excluding hydrogens is 326 g/mol. The van der Waals surface area contributed by atoms with E-state index in [1.165, 1.54) is 4.88 Å². The molecule has 23 heavy (non-hydrogen) atoms. The van der Waals surface area contributed by atoms with Crippen LogP contribution in [0.1, 0.15) is 15.4 Å². The van der Waals surface area contributed by atoms with Gasteiger partial charge in [-0.2, -0.15) is 5.10 Å². The number of hydrogen-bond donors (Lipinski definition) is 0. The number of aromatic nitrogens is 1. The third-order valence-corrected chi connectivity index (χ3v) is 5.06. The van der Waals surface area contributed by atoms with Crippen LogP contribution in [0.4, 0.5) is 5.69 Å². The van der Waals surface area contributed by atoms with Gasteiger partial charge >= 0.3 is 0 Å². The van der Waals surface area contributed by atoms with Gasteiger partial charge in [-0.15, -0.1) is 22.7 Å². The number of aryl methyl sites for hydroxylation is 2. The lowest BCUT2D eigenvalue weighted by Crippen LogP contribution is -2.11. The molecule has 0 aliphatic carbocycles. The Hall–Kier alpha value is -2.18. The van der Waals surface area contributed by atoms with E-state index >= 15 is 0 Å². The Morgan fingerprint density at radius 3 is 2.78 bits per heavy atom. The summed E-state index contributed by atoms with van der Waals surface area (Å²) >= 11 is 3.29. The van der Waals surface area contributed by atoms with Gasteiger partial charge in [-0.05, 0) is 38.1 Å². The number of thiophene rings is 1. The van der Waals surface area contributed by atoms with Gasteiger partial charge in [-0.3, -0.25) is 0 Å². The third kappa shape index (κ3) is 3.78. The molecule has 0 radical (unpaired) electrons. The number of nitrogens with zero attached hydrogens (tertiary/aromatic N) is 3. The van der Waals surface area contributed by atoms with Crippen molar-refractivity contribution < 1.29 is 4.74 Å². The molecule has 1 aromatic carbocycles. The summed E-state index contributed by atoms with van der Waals surface area (Å²) in [6.07, 6.45) is 1.88. The van der Waals surface area contributed by atoms with Gasteiger partial charge in [0.15, 0.2) is 0 Å². The zero-order valence-corrected chi connectivity index (χ0v) is 14.8. The molecule has 0 saturated heterocycles. The quantitative estimate of drug-likeness (QED) is 0.649. The minimum absolute atomic E-state index is 0.795. The molecule has 0 bridgehead atoms. The van der Waals surface area contributed by atoms with Crippen LogP contribution in [0.25, 0.3) is 0 Å². The highest BCUT2D eigenvalue weighted by Gasteiger charge is 2.01. The van der Waals surface area contributed by atoms with E-state index in [4.69, 9.17) is 4.74 Å². The molecule has 0 fully saturated rings. The Morgan fingerprint density at radius 1 is 1.17 bits per heavy atom. The molecule has 0 spiro atoms. The summed E-state index contributed by atoms with van der Waals surface area (Å²) < 4.78 is 7.10. The molecule has 3 aromatic rings. The van der Waals surface area contributed by atoms with Crippen molar-refractivity contribution in [2.75, 3.05) is 7.11 Å². The maximum absolute atomic E-state index is 5.24. The Morgan fingerprint density at radius 2 is 2.04 bits per heavy atom. The fourth-order valence-corrected chi connectivity index (χ4v) is 3.60. The summed E-state index contributed by atoms with van der Waals surface area (Å²) in [5.41, 5.74) is 1.91. The van der Waals surface area contributed by atoms with E-state index in [1.807, 2.05) is 42.1 Å². The highest BCUT2D eigenvalue weighted by molar-refractivity contribution is 7.13. The molecule has 0 saturated carbocycles. The van der Waals surface area contributed by atoms with Gasteiger partial charge in [0.25, 0.3) is 0 Å². The van der Waals surface area contributed by atoms with Crippen molar-refractivity contribution in [2.24, 2.45) is 10.1 Å². The van der Waals surface area contributed by atoms with Gasteiger partial charge in [0.2, 0.25) is 4.80 Å². The molecule has 0 aliphatic rings. The van der Waals surface area contributed by atoms with Crippen LogP contribution in [0.3, 0.4) is 0 Å². The normalized spacial score (nSPS) is 12.2. The minimum Gasteiger partial charge on any atom is -0.497 e. The second-order valence-corrected chi connectivity index (χ2v) is 7.13. The van der Waals surface area contributed by atoms with E-state index in [-0.39, 0.29) is 0 Å². The van der Waals surface area contributed by atoms with Crippen LogP contribution in [-0.2, 0) is 0 Å². The van der Waals surface area contributed by atoms with Crippen LogP contribution < -0.4 is 9.54 Å². The largest absolute Gasteiger partial charge is 0.497 e. The second kappa shape index (κ2) is 6.93. The molecule has 6 heteroatoms. The predicted octanol–water partition coefficient (Wildman–Crippen LogP) is 4.35. The van der Waals surface area contributed by atoms with Crippen molar-refractivity contribution in [3.05, 3.63) is 62.0 Å². The minimum atomic E-state index is 0.795. The van der Waals surface area contributed by atoms with E-state index in [0.29, 0.717) is 0 Å². The summed E-state index contributed by atoms with van der Waals surface area (Å²) in [6, 6.07) is 11.9. The van der Waals surface area contributed by atoms with Crippen LogP contribution in [-0.4, -0.2) is 18.0 Å². The second-order valence-electron chi connectivity index (χ2n) is 4.98. The Bertz CT molecular complexity index is 902. The number of hydrogen-bond acceptors (Lipinski definition) is 5. The van der Waals surface area contributed by atoms with Crippen molar-refractivity contribution in [2.45, 2.75) is 13.8 Å². The van der Waals surface area contributed by atoms with Crippen molar-refractivity contribution in [3.63, 3.8) is 0 Å². The fourth-order valence-electron chi connectivity index (χ4n) is 2.03. The monoisotopic (exact) mass is 343 g/mol. The van der Waals surface area contributed by atoms with Gasteiger partial charge in [0.05, 0.1) is 24.7 Å². The zero-order valence-electron chi connectivity index (χ0n) is 13.2. The van der Waals surface area contributed by atoms with Crippen molar-refractivity contribution >= 4 is 34.6 Å². The van der Waals surface area contributed by atoms with Crippen molar-refractivity contribution in [1.29, 1.82) is 0 Å². The number of ether oxygens (including phenoxy) is 1. The lowest BCUT2D eigenvalue weighted by molar-refractivity contribution is 0.415. The average molecular weight is 343 g/mol. The van der Waals surface area contributed by atoms with E-state index < -0.39 is 0 Å². The topological polar surface area (TPSA) is 38.9 Å². The molecule has 2 aromatic heterocycles. The smallest absolute Gasteiger partial charge is 0.211 e. The fraction of sp³-hybridized carbons (Fsp3) is 0.176. The first kappa shape index (κ1) is 15.7. The Balaban J connectivity index is 1.97. The standard InChI is InChI=1S/C17H17N3OS2/c1-12-11-22-17(19-14-5-4-6-15(9-14)21-3)20(12)18-10-16-8-7-13(2)23-16/h4-11H,1-3H3. The molecule has 0 amide bonds. The van der Waals surface area contributed by atoms with Crippen LogP contribution in [0, 0.1) is 13.8 Å². The Kier molecular flexibility index (Phi) is 4.73. The molecule has 0 aliphatic heterocycles. The number of benzene rings is 1. The molecule has 0 N–H and O–H groups in total. The maximum Gasteiger partial charge on any atom is 0.211 e. The SMILES string of the molecule is COc1cccc(N=c2scc(C)n2N=Cc2ccc(C)s2)c1. The van der Waals surface area contributed by atoms with E-state index in [0.717, 1.165) is 26.8 Å². The van der Waals surface area contributed by atoms with Gasteiger partial charge in [-0.1, -0.05) is 6.07 Å². The first-order valence-corrected chi connectivity index (χ1v) is 8.82. The molecule has 2 heterocycles.